The highest BCUT2D eigenvalue weighted by atomic mass is 32.1. The number of hydrogen-bond donors (Lipinski definition) is 1. The Kier molecular flexibility index (Phi) is 11.2. The van der Waals surface area contributed by atoms with Crippen LogP contribution in [0.2, 0.25) is 0 Å². The minimum Gasteiger partial charge on any atom is -0.497 e. The molecule has 1 heterocycles. The number of carbonyl (C=O) groups excluding carboxylic acids is 3. The molecule has 0 bridgehead atoms. The van der Waals surface area contributed by atoms with Crippen molar-refractivity contribution in [1.82, 2.24) is 15.2 Å². The summed E-state index contributed by atoms with van der Waals surface area (Å²) in [5, 5.41) is 3.22. The zero-order valence-corrected chi connectivity index (χ0v) is 27.0. The van der Waals surface area contributed by atoms with Gasteiger partial charge in [-0.25, -0.2) is 14.6 Å². The van der Waals surface area contributed by atoms with Crippen molar-refractivity contribution in [2.75, 3.05) is 21.3 Å². The Morgan fingerprint density at radius 3 is 2.21 bits per heavy atom. The second kappa shape index (κ2) is 14.4. The van der Waals surface area contributed by atoms with Crippen molar-refractivity contribution < 1.29 is 33.3 Å². The molecule has 1 aromatic heterocycles. The third kappa shape index (κ3) is 8.47. The van der Waals surface area contributed by atoms with Crippen molar-refractivity contribution in [2.45, 2.75) is 65.8 Å². The number of aromatic nitrogens is 1. The predicted molar refractivity (Wildman–Crippen MR) is 165 cm³/mol. The quantitative estimate of drug-likeness (QED) is 0.253. The van der Waals surface area contributed by atoms with E-state index in [1.807, 2.05) is 50.2 Å². The molecule has 0 spiro atoms. The van der Waals surface area contributed by atoms with Gasteiger partial charge in [-0.05, 0) is 51.3 Å². The van der Waals surface area contributed by atoms with E-state index >= 15 is 0 Å². The van der Waals surface area contributed by atoms with Crippen molar-refractivity contribution in [1.29, 1.82) is 0 Å². The molecule has 0 saturated carbocycles. The highest BCUT2D eigenvalue weighted by Crippen LogP contribution is 2.40. The van der Waals surface area contributed by atoms with Gasteiger partial charge in [-0.3, -0.25) is 4.79 Å². The topological polar surface area (TPSA) is 116 Å². The second-order valence-electron chi connectivity index (χ2n) is 11.3. The lowest BCUT2D eigenvalue weighted by Crippen LogP contribution is -2.49. The van der Waals surface area contributed by atoms with Crippen molar-refractivity contribution in [2.24, 2.45) is 5.92 Å². The predicted octanol–water partition coefficient (Wildman–Crippen LogP) is 6.25. The average Bonchev–Trinajstić information content (AvgIpc) is 3.40. The molecule has 3 aromatic rings. The number of ether oxygens (including phenoxy) is 4. The van der Waals surface area contributed by atoms with Crippen LogP contribution in [-0.4, -0.2) is 60.8 Å². The molecule has 232 valence electrons. The summed E-state index contributed by atoms with van der Waals surface area (Å²) in [5.74, 6) is 0.0694. The van der Waals surface area contributed by atoms with Gasteiger partial charge in [0, 0.05) is 11.6 Å². The molecule has 10 nitrogen and oxygen atoms in total. The standard InChI is InChI=1S/C32H41N3O7S/c1-19(2)26(28-34-25(30(37)41-9)27(43-28)21-13-11-10-12-14-21)35(18-22-15-16-23(39-7)17-24(22)40-8)29(36)20(3)33-31(38)42-32(4,5)6/h10-17,19-20,26H,18H2,1-9H3,(H,33,38)/t20-,26?/m0/s1. The number of esters is 1. The van der Waals surface area contributed by atoms with Gasteiger partial charge in [0.2, 0.25) is 5.91 Å². The van der Waals surface area contributed by atoms with E-state index in [2.05, 4.69) is 5.32 Å². The van der Waals surface area contributed by atoms with E-state index in [0.717, 1.165) is 11.1 Å². The highest BCUT2D eigenvalue weighted by Gasteiger charge is 2.36. The van der Waals surface area contributed by atoms with E-state index in [1.165, 1.54) is 18.4 Å². The van der Waals surface area contributed by atoms with Crippen molar-refractivity contribution in [3.05, 3.63) is 64.8 Å². The first-order chi connectivity index (χ1) is 20.3. The Balaban J connectivity index is 2.14. The molecule has 3 rings (SSSR count). The minimum absolute atomic E-state index is 0.128. The normalized spacial score (nSPS) is 12.7. The Labute approximate surface area is 257 Å². The summed E-state index contributed by atoms with van der Waals surface area (Å²) in [6, 6.07) is 13.3. The summed E-state index contributed by atoms with van der Waals surface area (Å²) in [4.78, 5) is 46.7. The summed E-state index contributed by atoms with van der Waals surface area (Å²) in [6.07, 6.45) is -0.704. The number of methoxy groups -OCH3 is 3. The maximum Gasteiger partial charge on any atom is 0.408 e. The molecule has 0 aliphatic heterocycles. The summed E-state index contributed by atoms with van der Waals surface area (Å²) in [7, 11) is 4.42. The maximum absolute atomic E-state index is 14.2. The molecular formula is C32H41N3O7S. The van der Waals surface area contributed by atoms with Crippen molar-refractivity contribution in [3.63, 3.8) is 0 Å². The number of hydrogen-bond acceptors (Lipinski definition) is 9. The average molecular weight is 612 g/mol. The summed E-state index contributed by atoms with van der Waals surface area (Å²) in [5.41, 5.74) is 0.972. The number of thiazole rings is 1. The zero-order valence-electron chi connectivity index (χ0n) is 26.2. The number of nitrogens with one attached hydrogen (secondary N) is 1. The molecule has 1 N–H and O–H groups in total. The molecule has 0 aliphatic carbocycles. The van der Waals surface area contributed by atoms with E-state index in [0.29, 0.717) is 21.4 Å². The maximum atomic E-state index is 14.2. The van der Waals surface area contributed by atoms with Gasteiger partial charge in [-0.15, -0.1) is 11.3 Å². The molecule has 1 unspecified atom stereocenters. The van der Waals surface area contributed by atoms with E-state index in [9.17, 15) is 14.4 Å². The van der Waals surface area contributed by atoms with Gasteiger partial charge in [-0.1, -0.05) is 44.2 Å². The van der Waals surface area contributed by atoms with Gasteiger partial charge >= 0.3 is 12.1 Å². The van der Waals surface area contributed by atoms with Gasteiger partial charge < -0.3 is 29.2 Å². The van der Waals surface area contributed by atoms with Gasteiger partial charge in [0.15, 0.2) is 5.69 Å². The Morgan fingerprint density at radius 1 is 0.977 bits per heavy atom. The fourth-order valence-electron chi connectivity index (χ4n) is 4.54. The lowest BCUT2D eigenvalue weighted by molar-refractivity contribution is -0.137. The minimum atomic E-state index is -0.936. The number of amides is 2. The zero-order chi connectivity index (χ0) is 31.9. The summed E-state index contributed by atoms with van der Waals surface area (Å²) >= 11 is 1.33. The SMILES string of the molecule is COC(=O)c1nc(C(C(C)C)N(Cc2ccc(OC)cc2OC)C(=O)[C@H](C)NC(=O)OC(C)(C)C)sc1-c1ccccc1. The molecule has 2 atom stereocenters. The van der Waals surface area contributed by atoms with Crippen LogP contribution in [0.4, 0.5) is 4.79 Å². The van der Waals surface area contributed by atoms with Crippen LogP contribution in [0.25, 0.3) is 10.4 Å². The van der Waals surface area contributed by atoms with Crippen LogP contribution in [-0.2, 0) is 20.8 Å². The first kappa shape index (κ1) is 33.4. The lowest BCUT2D eigenvalue weighted by atomic mass is 10.0. The van der Waals surface area contributed by atoms with Crippen molar-refractivity contribution in [3.8, 4) is 21.9 Å². The molecular weight excluding hydrogens is 570 g/mol. The van der Waals surface area contributed by atoms with Crippen LogP contribution in [0, 0.1) is 5.92 Å². The van der Waals surface area contributed by atoms with E-state index < -0.39 is 29.7 Å². The summed E-state index contributed by atoms with van der Waals surface area (Å²) < 4.78 is 21.5. The monoisotopic (exact) mass is 611 g/mol. The van der Waals surface area contributed by atoms with Crippen LogP contribution < -0.4 is 14.8 Å². The first-order valence-corrected chi connectivity index (χ1v) is 14.8. The Morgan fingerprint density at radius 2 is 1.65 bits per heavy atom. The molecule has 2 aromatic carbocycles. The van der Waals surface area contributed by atoms with E-state index in [4.69, 9.17) is 23.9 Å². The molecule has 43 heavy (non-hydrogen) atoms. The molecule has 2 amide bonds. The lowest BCUT2D eigenvalue weighted by Gasteiger charge is -2.35. The van der Waals surface area contributed by atoms with Crippen LogP contribution in [0.3, 0.4) is 0 Å². The molecule has 0 fully saturated rings. The smallest absolute Gasteiger partial charge is 0.408 e. The number of carbonyl (C=O) groups is 3. The molecule has 0 saturated heterocycles. The largest absolute Gasteiger partial charge is 0.497 e. The van der Waals surface area contributed by atoms with Gasteiger partial charge in [0.25, 0.3) is 0 Å². The molecule has 0 aliphatic rings. The third-order valence-electron chi connectivity index (χ3n) is 6.50. The number of benzene rings is 2. The highest BCUT2D eigenvalue weighted by molar-refractivity contribution is 7.15. The Bertz CT molecular complexity index is 1420. The van der Waals surface area contributed by atoms with Crippen molar-refractivity contribution >= 4 is 29.3 Å². The first-order valence-electron chi connectivity index (χ1n) is 13.9. The van der Waals surface area contributed by atoms with Gasteiger partial charge in [0.1, 0.15) is 28.1 Å². The van der Waals surface area contributed by atoms with Crippen LogP contribution in [0.5, 0.6) is 11.5 Å². The number of alkyl carbamates (subject to hydrolysis) is 1. The number of rotatable bonds is 11. The summed E-state index contributed by atoms with van der Waals surface area (Å²) in [6.45, 7) is 10.9. The van der Waals surface area contributed by atoms with Crippen LogP contribution in [0.1, 0.15) is 68.6 Å². The fourth-order valence-corrected chi connectivity index (χ4v) is 5.88. The molecule has 0 radical (unpaired) electrons. The van der Waals surface area contributed by atoms with Gasteiger partial charge in [0.05, 0.1) is 38.8 Å². The fraction of sp³-hybridized carbons (Fsp3) is 0.438. The van der Waals surface area contributed by atoms with Gasteiger partial charge in [-0.2, -0.15) is 0 Å². The van der Waals surface area contributed by atoms with E-state index in [1.54, 1.807) is 58.9 Å². The Hall–Kier alpha value is -4.12. The van der Waals surface area contributed by atoms with Crippen LogP contribution in [0.15, 0.2) is 48.5 Å². The second-order valence-corrected chi connectivity index (χ2v) is 12.3. The van der Waals surface area contributed by atoms with E-state index in [-0.39, 0.29) is 24.1 Å². The third-order valence-corrected chi connectivity index (χ3v) is 7.68. The molecule has 11 heteroatoms. The van der Waals surface area contributed by atoms with Crippen LogP contribution >= 0.6 is 11.3 Å². The number of nitrogens with zero attached hydrogens (tertiary/aromatic N) is 2.